The summed E-state index contributed by atoms with van der Waals surface area (Å²) in [5, 5.41) is 0. The van der Waals surface area contributed by atoms with E-state index in [1.807, 2.05) is 86.6 Å². The molecule has 0 saturated heterocycles. The molecule has 0 N–H and O–H groups in total. The molecule has 0 radical (unpaired) electrons. The highest BCUT2D eigenvalue weighted by atomic mass is 16.5. The van der Waals surface area contributed by atoms with Crippen LogP contribution in [0.25, 0.3) is 22.8 Å². The van der Waals surface area contributed by atoms with E-state index in [-0.39, 0.29) is 5.97 Å². The lowest BCUT2D eigenvalue weighted by atomic mass is 10.1. The topological polar surface area (TPSA) is 77.9 Å². The van der Waals surface area contributed by atoms with Crippen LogP contribution in [-0.4, -0.2) is 25.9 Å². The molecule has 0 bridgehead atoms. The molecule has 1 atom stereocenters. The van der Waals surface area contributed by atoms with Gasteiger partial charge in [0.1, 0.15) is 6.10 Å². The quantitative estimate of drug-likeness (QED) is 0.357. The summed E-state index contributed by atoms with van der Waals surface area (Å²) in [5.41, 5.74) is 6.68. The zero-order valence-corrected chi connectivity index (χ0v) is 19.0. The van der Waals surface area contributed by atoms with E-state index < -0.39 is 6.10 Å². The molecule has 1 unspecified atom stereocenters. The minimum atomic E-state index is -0.477. The number of esters is 1. The maximum atomic E-state index is 11.8. The first kappa shape index (κ1) is 22.3. The predicted molar refractivity (Wildman–Crippen MR) is 127 cm³/mol. The molecule has 4 heterocycles. The highest BCUT2D eigenvalue weighted by Crippen LogP contribution is 2.25. The summed E-state index contributed by atoms with van der Waals surface area (Å²) in [6.07, 6.45) is 0.719. The fraction of sp³-hybridized carbons (Fsp3) is 0.222. The molecule has 6 heteroatoms. The summed E-state index contributed by atoms with van der Waals surface area (Å²) >= 11 is 0. The molecule has 4 aromatic heterocycles. The molecule has 6 nitrogen and oxygen atoms in total. The van der Waals surface area contributed by atoms with Crippen LogP contribution in [0.1, 0.15) is 42.2 Å². The van der Waals surface area contributed by atoms with Gasteiger partial charge < -0.3 is 4.74 Å². The Hall–Kier alpha value is -3.93. The molecule has 0 spiro atoms. The summed E-state index contributed by atoms with van der Waals surface area (Å²) in [4.78, 5) is 30.5. The van der Waals surface area contributed by atoms with E-state index in [2.05, 4.69) is 9.97 Å². The second-order valence-electron chi connectivity index (χ2n) is 7.93. The van der Waals surface area contributed by atoms with E-state index >= 15 is 0 Å². The normalized spacial score (nSPS) is 11.7. The van der Waals surface area contributed by atoms with Gasteiger partial charge in [-0.3, -0.25) is 19.7 Å². The number of hydrogen-bond donors (Lipinski definition) is 0. The number of pyridine rings is 4. The van der Waals surface area contributed by atoms with Crippen molar-refractivity contribution in [3.05, 3.63) is 95.6 Å². The van der Waals surface area contributed by atoms with Gasteiger partial charge in [-0.25, -0.2) is 4.98 Å². The summed E-state index contributed by atoms with van der Waals surface area (Å²) in [7, 11) is 0. The Morgan fingerprint density at radius 3 is 1.82 bits per heavy atom. The van der Waals surface area contributed by atoms with Gasteiger partial charge in [0.05, 0.1) is 28.5 Å². The largest absolute Gasteiger partial charge is 0.456 e. The molecule has 0 saturated carbocycles. The number of aromatic nitrogens is 4. The minimum absolute atomic E-state index is 0.341. The van der Waals surface area contributed by atoms with Crippen LogP contribution < -0.4 is 0 Å². The van der Waals surface area contributed by atoms with Crippen molar-refractivity contribution in [2.24, 2.45) is 0 Å². The lowest BCUT2D eigenvalue weighted by molar-refractivity contribution is -0.147. The van der Waals surface area contributed by atoms with Gasteiger partial charge in [-0.15, -0.1) is 0 Å². The third-order valence-corrected chi connectivity index (χ3v) is 5.18. The van der Waals surface area contributed by atoms with Gasteiger partial charge in [0, 0.05) is 24.0 Å². The van der Waals surface area contributed by atoms with E-state index in [4.69, 9.17) is 14.7 Å². The molecule has 0 amide bonds. The molecule has 0 aliphatic rings. The molecule has 0 fully saturated rings. The number of aryl methyl sites for hydroxylation is 3. The van der Waals surface area contributed by atoms with Crippen LogP contribution in [0.15, 0.2) is 72.8 Å². The Kier molecular flexibility index (Phi) is 6.83. The van der Waals surface area contributed by atoms with Crippen LogP contribution in [0.4, 0.5) is 0 Å². The molecule has 0 aliphatic carbocycles. The van der Waals surface area contributed by atoms with Crippen LogP contribution in [0.2, 0.25) is 0 Å². The van der Waals surface area contributed by atoms with Crippen LogP contribution in [0, 0.1) is 13.8 Å². The smallest absolute Gasteiger partial charge is 0.303 e. The Morgan fingerprint density at radius 1 is 0.727 bits per heavy atom. The average molecular weight is 439 g/mol. The van der Waals surface area contributed by atoms with Crippen molar-refractivity contribution in [2.45, 2.75) is 39.7 Å². The fourth-order valence-corrected chi connectivity index (χ4v) is 3.65. The number of rotatable bonds is 7. The number of carbonyl (C=O) groups excluding carboxylic acids is 1. The molecule has 33 heavy (non-hydrogen) atoms. The van der Waals surface area contributed by atoms with Gasteiger partial charge in [0.15, 0.2) is 0 Å². The highest BCUT2D eigenvalue weighted by Gasteiger charge is 2.18. The second-order valence-corrected chi connectivity index (χ2v) is 7.93. The van der Waals surface area contributed by atoms with Crippen LogP contribution >= 0.6 is 0 Å². The van der Waals surface area contributed by atoms with Crippen molar-refractivity contribution < 1.29 is 9.53 Å². The minimum Gasteiger partial charge on any atom is -0.456 e. The molecule has 0 aliphatic heterocycles. The third kappa shape index (κ3) is 5.86. The van der Waals surface area contributed by atoms with Crippen LogP contribution in [-0.2, 0) is 16.0 Å². The summed E-state index contributed by atoms with van der Waals surface area (Å²) < 4.78 is 5.64. The first-order chi connectivity index (χ1) is 16.0. The van der Waals surface area contributed by atoms with Crippen LogP contribution in [0.3, 0.4) is 0 Å². The Bertz CT molecular complexity index is 1270. The van der Waals surface area contributed by atoms with E-state index in [9.17, 15) is 4.79 Å². The van der Waals surface area contributed by atoms with Crippen molar-refractivity contribution >= 4 is 5.97 Å². The second kappa shape index (κ2) is 10.1. The van der Waals surface area contributed by atoms with Crippen LogP contribution in [0.5, 0.6) is 0 Å². The molecule has 4 aromatic rings. The molecule has 4 rings (SSSR count). The highest BCUT2D eigenvalue weighted by molar-refractivity contribution is 5.66. The van der Waals surface area contributed by atoms with Gasteiger partial charge in [0.25, 0.3) is 0 Å². The van der Waals surface area contributed by atoms with Gasteiger partial charge in [0.2, 0.25) is 0 Å². The zero-order valence-electron chi connectivity index (χ0n) is 19.0. The Morgan fingerprint density at radius 2 is 1.24 bits per heavy atom. The monoisotopic (exact) mass is 438 g/mol. The van der Waals surface area contributed by atoms with Crippen molar-refractivity contribution in [3.63, 3.8) is 0 Å². The predicted octanol–water partition coefficient (Wildman–Crippen LogP) is 5.45. The standard InChI is InChI=1S/C27H26N4O2/c1-18-8-4-11-22(28-18)24-13-6-10-21(30-24)16-17-27(33-20(3)32)26-15-7-14-25(31-26)23-12-5-9-19(2)29-23/h4-15,27H,16-17H2,1-3H3. The fourth-order valence-electron chi connectivity index (χ4n) is 3.65. The number of carbonyl (C=O) groups is 1. The van der Waals surface area contributed by atoms with E-state index in [1.54, 1.807) is 0 Å². The summed E-state index contributed by atoms with van der Waals surface area (Å²) in [5.74, 6) is -0.341. The van der Waals surface area contributed by atoms with E-state index in [0.717, 1.165) is 39.9 Å². The summed E-state index contributed by atoms with van der Waals surface area (Å²) in [6.45, 7) is 5.33. The number of nitrogens with zero attached hydrogens (tertiary/aromatic N) is 4. The lowest BCUT2D eigenvalue weighted by Crippen LogP contribution is -2.12. The third-order valence-electron chi connectivity index (χ3n) is 5.18. The maximum absolute atomic E-state index is 11.8. The average Bonchev–Trinajstić information content (AvgIpc) is 2.82. The van der Waals surface area contributed by atoms with Gasteiger partial charge in [-0.1, -0.05) is 24.3 Å². The zero-order chi connectivity index (χ0) is 23.2. The number of ether oxygens (including phenoxy) is 1. The molecular weight excluding hydrogens is 412 g/mol. The van der Waals surface area contributed by atoms with Crippen molar-refractivity contribution in [2.75, 3.05) is 0 Å². The SMILES string of the molecule is CC(=O)OC(CCc1cccc(-c2cccc(C)n2)n1)c1cccc(-c2cccc(C)n2)n1. The van der Waals surface area contributed by atoms with E-state index in [0.29, 0.717) is 18.5 Å². The van der Waals surface area contributed by atoms with Crippen molar-refractivity contribution in [3.8, 4) is 22.8 Å². The maximum Gasteiger partial charge on any atom is 0.303 e. The van der Waals surface area contributed by atoms with Gasteiger partial charge in [-0.2, -0.15) is 0 Å². The van der Waals surface area contributed by atoms with E-state index in [1.165, 1.54) is 6.92 Å². The first-order valence-corrected chi connectivity index (χ1v) is 11.0. The van der Waals surface area contributed by atoms with Gasteiger partial charge >= 0.3 is 5.97 Å². The molecular formula is C27H26N4O2. The van der Waals surface area contributed by atoms with Gasteiger partial charge in [-0.05, 0) is 75.2 Å². The summed E-state index contributed by atoms with van der Waals surface area (Å²) in [6, 6.07) is 23.3. The van der Waals surface area contributed by atoms with Crippen molar-refractivity contribution in [1.82, 2.24) is 19.9 Å². The Balaban J connectivity index is 1.55. The number of hydrogen-bond acceptors (Lipinski definition) is 6. The van der Waals surface area contributed by atoms with Crippen molar-refractivity contribution in [1.29, 1.82) is 0 Å². The molecule has 166 valence electrons. The lowest BCUT2D eigenvalue weighted by Gasteiger charge is -2.17. The Labute approximate surface area is 193 Å². The molecule has 0 aromatic carbocycles. The first-order valence-electron chi connectivity index (χ1n) is 11.0.